The molecule has 0 aromatic carbocycles. The van der Waals surface area contributed by atoms with E-state index in [0.29, 0.717) is 0 Å². The van der Waals surface area contributed by atoms with Crippen LogP contribution in [0.3, 0.4) is 0 Å². The second-order valence-corrected chi connectivity index (χ2v) is 2.63. The molecule has 72 valence electrons. The standard InChI is InChI=1S/C10H18.C2H6/c1-5-7-8-10(4)9(3)6-2;1-2/h7-8H,5-6H2,1-4H3;1-2H3/b8-7-,10-9-;. The molecule has 0 aromatic heterocycles. The predicted octanol–water partition coefficient (Wildman–Crippen LogP) is 4.73. The Bertz CT molecular complexity index is 138. The Hall–Kier alpha value is -0.520. The van der Waals surface area contributed by atoms with Crippen molar-refractivity contribution < 1.29 is 0 Å². The molecule has 0 aromatic rings. The lowest BCUT2D eigenvalue weighted by Crippen LogP contribution is -1.77. The maximum absolute atomic E-state index is 2.21. The van der Waals surface area contributed by atoms with Gasteiger partial charge in [0, 0.05) is 0 Å². The number of hydrogen-bond donors (Lipinski definition) is 0. The quantitative estimate of drug-likeness (QED) is 0.535. The first kappa shape index (κ1) is 14.0. The van der Waals surface area contributed by atoms with Gasteiger partial charge in [-0.2, -0.15) is 0 Å². The van der Waals surface area contributed by atoms with Gasteiger partial charge in [-0.3, -0.25) is 0 Å². The fourth-order valence-electron chi connectivity index (χ4n) is 0.716. The van der Waals surface area contributed by atoms with E-state index in [4.69, 9.17) is 0 Å². The fraction of sp³-hybridized carbons (Fsp3) is 0.667. The van der Waals surface area contributed by atoms with Crippen molar-refractivity contribution in [1.82, 2.24) is 0 Å². The number of allylic oxidation sites excluding steroid dienone is 4. The molecule has 0 bridgehead atoms. The summed E-state index contributed by atoms with van der Waals surface area (Å²) in [6.45, 7) is 12.7. The van der Waals surface area contributed by atoms with E-state index in [1.165, 1.54) is 17.6 Å². The van der Waals surface area contributed by atoms with Gasteiger partial charge in [-0.25, -0.2) is 0 Å². The Balaban J connectivity index is 0. The first-order valence-corrected chi connectivity index (χ1v) is 5.05. The minimum absolute atomic E-state index is 1.13. The van der Waals surface area contributed by atoms with Crippen molar-refractivity contribution in [3.8, 4) is 0 Å². The van der Waals surface area contributed by atoms with Crippen LogP contribution in [0.2, 0.25) is 0 Å². The van der Waals surface area contributed by atoms with Crippen molar-refractivity contribution in [2.45, 2.75) is 54.4 Å². The van der Waals surface area contributed by atoms with Gasteiger partial charge in [0.15, 0.2) is 0 Å². The molecule has 0 nitrogen and oxygen atoms in total. The molecule has 0 radical (unpaired) electrons. The summed E-state index contributed by atoms with van der Waals surface area (Å²) in [5, 5.41) is 0. The van der Waals surface area contributed by atoms with Crippen LogP contribution in [0.4, 0.5) is 0 Å². The molecule has 0 aliphatic rings. The van der Waals surface area contributed by atoms with Gasteiger partial charge in [-0.15, -0.1) is 0 Å². The average Bonchev–Trinajstić information content (AvgIpc) is 2.16. The first-order valence-electron chi connectivity index (χ1n) is 5.05. The number of hydrogen-bond acceptors (Lipinski definition) is 0. The van der Waals surface area contributed by atoms with E-state index in [-0.39, 0.29) is 0 Å². The Kier molecular flexibility index (Phi) is 12.3. The van der Waals surface area contributed by atoms with Crippen molar-refractivity contribution in [3.05, 3.63) is 23.3 Å². The van der Waals surface area contributed by atoms with Gasteiger partial charge < -0.3 is 0 Å². The third-order valence-electron chi connectivity index (χ3n) is 1.81. The largest absolute Gasteiger partial charge is 0.0845 e. The highest BCUT2D eigenvalue weighted by atomic mass is 13.9. The molecule has 0 atom stereocenters. The number of rotatable bonds is 3. The van der Waals surface area contributed by atoms with Crippen LogP contribution in [0.15, 0.2) is 23.3 Å². The van der Waals surface area contributed by atoms with Gasteiger partial charge >= 0.3 is 0 Å². The Labute approximate surface area is 78.4 Å². The highest BCUT2D eigenvalue weighted by Crippen LogP contribution is 2.08. The molecule has 0 amide bonds. The summed E-state index contributed by atoms with van der Waals surface area (Å²) in [6, 6.07) is 0. The summed E-state index contributed by atoms with van der Waals surface area (Å²) in [6.07, 6.45) is 6.71. The summed E-state index contributed by atoms with van der Waals surface area (Å²) in [7, 11) is 0. The fourth-order valence-corrected chi connectivity index (χ4v) is 0.716. The van der Waals surface area contributed by atoms with Crippen LogP contribution in [0.5, 0.6) is 0 Å². The topological polar surface area (TPSA) is 0 Å². The minimum atomic E-state index is 1.13. The lowest BCUT2D eigenvalue weighted by atomic mass is 10.1. The molecule has 0 rings (SSSR count). The Morgan fingerprint density at radius 1 is 1.08 bits per heavy atom. The molecule has 0 fully saturated rings. The Morgan fingerprint density at radius 2 is 1.58 bits per heavy atom. The van der Waals surface area contributed by atoms with Gasteiger partial charge in [0.1, 0.15) is 0 Å². The normalized spacial score (nSPS) is 12.2. The predicted molar refractivity (Wildman–Crippen MR) is 59.4 cm³/mol. The van der Waals surface area contributed by atoms with Crippen LogP contribution in [0.1, 0.15) is 54.4 Å². The lowest BCUT2D eigenvalue weighted by Gasteiger charge is -1.97. The van der Waals surface area contributed by atoms with Crippen molar-refractivity contribution in [3.63, 3.8) is 0 Å². The highest BCUT2D eigenvalue weighted by molar-refractivity contribution is 5.21. The molecule has 0 unspecified atom stereocenters. The minimum Gasteiger partial charge on any atom is -0.0845 e. The third kappa shape index (κ3) is 7.59. The molecule has 0 aliphatic heterocycles. The van der Waals surface area contributed by atoms with E-state index >= 15 is 0 Å². The van der Waals surface area contributed by atoms with Gasteiger partial charge in [0.05, 0.1) is 0 Å². The van der Waals surface area contributed by atoms with E-state index in [9.17, 15) is 0 Å². The van der Waals surface area contributed by atoms with Gasteiger partial charge in [-0.1, -0.05) is 51.0 Å². The summed E-state index contributed by atoms with van der Waals surface area (Å²) in [5.74, 6) is 0. The zero-order valence-corrected chi connectivity index (χ0v) is 9.57. The summed E-state index contributed by atoms with van der Waals surface area (Å²) in [4.78, 5) is 0. The van der Waals surface area contributed by atoms with Crippen LogP contribution in [0.25, 0.3) is 0 Å². The van der Waals surface area contributed by atoms with Gasteiger partial charge in [0.25, 0.3) is 0 Å². The molecule has 0 heterocycles. The maximum atomic E-state index is 2.21. The van der Waals surface area contributed by atoms with E-state index < -0.39 is 0 Å². The van der Waals surface area contributed by atoms with Crippen LogP contribution in [-0.4, -0.2) is 0 Å². The summed E-state index contributed by atoms with van der Waals surface area (Å²) < 4.78 is 0. The zero-order valence-electron chi connectivity index (χ0n) is 9.57. The van der Waals surface area contributed by atoms with E-state index in [2.05, 4.69) is 39.8 Å². The van der Waals surface area contributed by atoms with Crippen molar-refractivity contribution in [2.24, 2.45) is 0 Å². The van der Waals surface area contributed by atoms with E-state index in [0.717, 1.165) is 6.42 Å². The molecule has 0 heteroatoms. The molecule has 0 aliphatic carbocycles. The molecular formula is C12H24. The summed E-state index contributed by atoms with van der Waals surface area (Å²) >= 11 is 0. The summed E-state index contributed by atoms with van der Waals surface area (Å²) in [5.41, 5.74) is 2.91. The second kappa shape index (κ2) is 10.5. The molecule has 0 spiro atoms. The molecule has 0 N–H and O–H groups in total. The van der Waals surface area contributed by atoms with Crippen molar-refractivity contribution in [1.29, 1.82) is 0 Å². The molecular weight excluding hydrogens is 144 g/mol. The van der Waals surface area contributed by atoms with Crippen LogP contribution < -0.4 is 0 Å². The second-order valence-electron chi connectivity index (χ2n) is 2.63. The molecule has 0 saturated carbocycles. The zero-order chi connectivity index (χ0) is 9.98. The first-order chi connectivity index (χ1) is 5.72. The lowest BCUT2D eigenvalue weighted by molar-refractivity contribution is 1.07. The highest BCUT2D eigenvalue weighted by Gasteiger charge is 1.87. The molecule has 0 saturated heterocycles. The molecule has 12 heavy (non-hydrogen) atoms. The average molecular weight is 168 g/mol. The third-order valence-corrected chi connectivity index (χ3v) is 1.81. The van der Waals surface area contributed by atoms with Crippen LogP contribution >= 0.6 is 0 Å². The van der Waals surface area contributed by atoms with E-state index in [1.807, 2.05) is 13.8 Å². The van der Waals surface area contributed by atoms with Crippen LogP contribution in [-0.2, 0) is 0 Å². The van der Waals surface area contributed by atoms with Gasteiger partial charge in [0.2, 0.25) is 0 Å². The Morgan fingerprint density at radius 3 is 1.92 bits per heavy atom. The maximum Gasteiger partial charge on any atom is -0.0346 e. The van der Waals surface area contributed by atoms with E-state index in [1.54, 1.807) is 0 Å². The smallest absolute Gasteiger partial charge is 0.0346 e. The van der Waals surface area contributed by atoms with Crippen molar-refractivity contribution in [2.75, 3.05) is 0 Å². The van der Waals surface area contributed by atoms with Crippen LogP contribution in [0, 0.1) is 0 Å². The van der Waals surface area contributed by atoms with Crippen molar-refractivity contribution >= 4 is 0 Å². The SMILES string of the molecule is CC.CC/C=C\C(C)=C(\C)CC. The monoisotopic (exact) mass is 168 g/mol. The van der Waals surface area contributed by atoms with Gasteiger partial charge in [-0.05, 0) is 26.7 Å².